The quantitative estimate of drug-likeness (QED) is 0.845. The molecule has 1 aromatic carbocycles. The van der Waals surface area contributed by atoms with Crippen LogP contribution in [0, 0.1) is 5.92 Å². The summed E-state index contributed by atoms with van der Waals surface area (Å²) in [7, 11) is 1.61. The number of carboxylic acid groups (broad SMARTS) is 1. The van der Waals surface area contributed by atoms with Crippen LogP contribution in [0.2, 0.25) is 0 Å². The third kappa shape index (κ3) is 4.47. The van der Waals surface area contributed by atoms with Gasteiger partial charge in [0.25, 0.3) is 0 Å². The van der Waals surface area contributed by atoms with Gasteiger partial charge in [-0.2, -0.15) is 0 Å². The van der Waals surface area contributed by atoms with E-state index in [-0.39, 0.29) is 5.91 Å². The highest BCUT2D eigenvalue weighted by Crippen LogP contribution is 2.34. The van der Waals surface area contributed by atoms with E-state index in [2.05, 4.69) is 5.32 Å². The van der Waals surface area contributed by atoms with Crippen molar-refractivity contribution >= 4 is 11.9 Å². The molecule has 0 saturated heterocycles. The molecule has 1 amide bonds. The van der Waals surface area contributed by atoms with E-state index in [1.54, 1.807) is 7.11 Å². The van der Waals surface area contributed by atoms with Crippen LogP contribution in [0.3, 0.4) is 0 Å². The summed E-state index contributed by atoms with van der Waals surface area (Å²) in [5, 5.41) is 12.4. The molecule has 1 aliphatic carbocycles. The van der Waals surface area contributed by atoms with Crippen molar-refractivity contribution in [3.63, 3.8) is 0 Å². The lowest BCUT2D eigenvalue weighted by atomic mass is 9.74. The molecular weight excluding hydrogens is 294 g/mol. The normalized spacial score (nSPS) is 24.0. The fourth-order valence-corrected chi connectivity index (χ4v) is 3.35. The van der Waals surface area contributed by atoms with Gasteiger partial charge >= 0.3 is 5.97 Å². The van der Waals surface area contributed by atoms with Gasteiger partial charge in [0, 0.05) is 6.42 Å². The second-order valence-electron chi connectivity index (χ2n) is 6.45. The Bertz CT molecular complexity index is 572. The number of aryl methyl sites for hydroxylation is 1. The first kappa shape index (κ1) is 17.3. The van der Waals surface area contributed by atoms with E-state index in [0.29, 0.717) is 19.3 Å². The van der Waals surface area contributed by atoms with Gasteiger partial charge in [-0.1, -0.05) is 25.0 Å². The van der Waals surface area contributed by atoms with Gasteiger partial charge in [-0.25, -0.2) is 0 Å². The van der Waals surface area contributed by atoms with Crippen LogP contribution in [-0.2, 0) is 16.0 Å². The summed E-state index contributed by atoms with van der Waals surface area (Å²) < 4.78 is 5.17. The first-order chi connectivity index (χ1) is 10.9. The van der Waals surface area contributed by atoms with Gasteiger partial charge in [-0.3, -0.25) is 9.59 Å². The molecule has 1 saturated carbocycles. The largest absolute Gasteiger partial charge is 0.497 e. The first-order valence-corrected chi connectivity index (χ1v) is 8.11. The van der Waals surface area contributed by atoms with E-state index in [0.717, 1.165) is 30.6 Å². The van der Waals surface area contributed by atoms with Crippen LogP contribution < -0.4 is 10.1 Å². The Balaban J connectivity index is 1.93. The average Bonchev–Trinajstić information content (AvgIpc) is 2.53. The van der Waals surface area contributed by atoms with Gasteiger partial charge in [0.15, 0.2) is 0 Å². The minimum Gasteiger partial charge on any atom is -0.497 e. The number of ether oxygens (including phenoxy) is 1. The van der Waals surface area contributed by atoms with E-state index < -0.39 is 17.4 Å². The van der Waals surface area contributed by atoms with Crippen molar-refractivity contribution in [2.24, 2.45) is 5.92 Å². The minimum atomic E-state index is -0.819. The molecule has 0 aliphatic heterocycles. The Hall–Kier alpha value is -2.04. The third-order valence-corrected chi connectivity index (χ3v) is 4.71. The Labute approximate surface area is 137 Å². The molecule has 0 heterocycles. The van der Waals surface area contributed by atoms with Gasteiger partial charge < -0.3 is 15.2 Å². The van der Waals surface area contributed by atoms with Gasteiger partial charge in [-0.15, -0.1) is 0 Å². The van der Waals surface area contributed by atoms with E-state index in [1.807, 2.05) is 31.2 Å². The summed E-state index contributed by atoms with van der Waals surface area (Å²) in [5.41, 5.74) is 0.387. The molecule has 126 valence electrons. The van der Waals surface area contributed by atoms with Crippen LogP contribution in [0.4, 0.5) is 0 Å². The minimum absolute atomic E-state index is 0.0940. The van der Waals surface area contributed by atoms with Gasteiger partial charge in [-0.05, 0) is 43.9 Å². The summed E-state index contributed by atoms with van der Waals surface area (Å²) in [6.45, 7) is 1.86. The highest BCUT2D eigenvalue weighted by atomic mass is 16.5. The molecule has 2 atom stereocenters. The van der Waals surface area contributed by atoms with Crippen molar-refractivity contribution in [1.29, 1.82) is 0 Å². The maximum Gasteiger partial charge on any atom is 0.308 e. The Morgan fingerprint density at radius 2 is 2.17 bits per heavy atom. The van der Waals surface area contributed by atoms with Crippen LogP contribution >= 0.6 is 0 Å². The molecule has 1 aliphatic rings. The molecule has 2 unspecified atom stereocenters. The molecular formula is C18H25NO4. The Morgan fingerprint density at radius 1 is 1.39 bits per heavy atom. The highest BCUT2D eigenvalue weighted by molar-refractivity contribution is 5.79. The van der Waals surface area contributed by atoms with Crippen molar-refractivity contribution in [2.45, 2.75) is 51.0 Å². The van der Waals surface area contributed by atoms with Gasteiger partial charge in [0.2, 0.25) is 5.91 Å². The Kier molecular flexibility index (Phi) is 5.64. The molecule has 2 rings (SSSR count). The number of hydrogen-bond donors (Lipinski definition) is 2. The Morgan fingerprint density at radius 3 is 2.87 bits per heavy atom. The SMILES string of the molecule is COc1cccc(CCC(=O)NC2(C)CCCCC2C(=O)O)c1. The van der Waals surface area contributed by atoms with E-state index in [9.17, 15) is 14.7 Å². The fourth-order valence-electron chi connectivity index (χ4n) is 3.35. The summed E-state index contributed by atoms with van der Waals surface area (Å²) in [4.78, 5) is 23.7. The molecule has 1 aromatic rings. The standard InChI is InChI=1S/C18H25NO4/c1-18(11-4-3-8-15(18)17(21)22)19-16(20)10-9-13-6-5-7-14(12-13)23-2/h5-7,12,15H,3-4,8-11H2,1-2H3,(H,19,20)(H,21,22). The van der Waals surface area contributed by atoms with E-state index >= 15 is 0 Å². The number of aliphatic carboxylic acids is 1. The van der Waals surface area contributed by atoms with E-state index in [1.165, 1.54) is 0 Å². The predicted octanol–water partition coefficient (Wildman–Crippen LogP) is 2.78. The monoisotopic (exact) mass is 319 g/mol. The zero-order valence-electron chi connectivity index (χ0n) is 13.8. The average molecular weight is 319 g/mol. The summed E-state index contributed by atoms with van der Waals surface area (Å²) in [5.74, 6) is -0.645. The van der Waals surface area contributed by atoms with Gasteiger partial charge in [0.1, 0.15) is 5.75 Å². The lowest BCUT2D eigenvalue weighted by Crippen LogP contribution is -2.55. The fraction of sp³-hybridized carbons (Fsp3) is 0.556. The number of methoxy groups -OCH3 is 1. The molecule has 5 nitrogen and oxygen atoms in total. The second kappa shape index (κ2) is 7.49. The number of carbonyl (C=O) groups excluding carboxylic acids is 1. The van der Waals surface area contributed by atoms with Crippen molar-refractivity contribution in [2.75, 3.05) is 7.11 Å². The van der Waals surface area contributed by atoms with Crippen LogP contribution in [0.15, 0.2) is 24.3 Å². The van der Waals surface area contributed by atoms with Crippen molar-refractivity contribution in [3.8, 4) is 5.75 Å². The molecule has 1 fully saturated rings. The zero-order valence-corrected chi connectivity index (χ0v) is 13.8. The van der Waals surface area contributed by atoms with Crippen molar-refractivity contribution in [3.05, 3.63) is 29.8 Å². The first-order valence-electron chi connectivity index (χ1n) is 8.11. The summed E-state index contributed by atoms with van der Waals surface area (Å²) >= 11 is 0. The van der Waals surface area contributed by atoms with Crippen LogP contribution in [-0.4, -0.2) is 29.6 Å². The molecule has 23 heavy (non-hydrogen) atoms. The molecule has 0 radical (unpaired) electrons. The maximum atomic E-state index is 12.3. The number of carbonyl (C=O) groups is 2. The summed E-state index contributed by atoms with van der Waals surface area (Å²) in [6, 6.07) is 7.63. The maximum absolute atomic E-state index is 12.3. The number of carboxylic acids is 1. The van der Waals surface area contributed by atoms with Crippen LogP contribution in [0.5, 0.6) is 5.75 Å². The molecule has 0 bridgehead atoms. The van der Waals surface area contributed by atoms with Gasteiger partial charge in [0.05, 0.1) is 18.6 Å². The van der Waals surface area contributed by atoms with Crippen molar-refractivity contribution < 1.29 is 19.4 Å². The third-order valence-electron chi connectivity index (χ3n) is 4.71. The topological polar surface area (TPSA) is 75.6 Å². The zero-order chi connectivity index (χ0) is 16.9. The van der Waals surface area contributed by atoms with Crippen molar-refractivity contribution in [1.82, 2.24) is 5.32 Å². The lowest BCUT2D eigenvalue weighted by Gasteiger charge is -2.39. The number of rotatable bonds is 6. The molecule has 2 N–H and O–H groups in total. The summed E-state index contributed by atoms with van der Waals surface area (Å²) in [6.07, 6.45) is 4.16. The number of hydrogen-bond acceptors (Lipinski definition) is 3. The number of benzene rings is 1. The predicted molar refractivity (Wildman–Crippen MR) is 87.5 cm³/mol. The number of amides is 1. The lowest BCUT2D eigenvalue weighted by molar-refractivity contribution is -0.146. The smallest absolute Gasteiger partial charge is 0.308 e. The van der Waals surface area contributed by atoms with E-state index in [4.69, 9.17) is 4.74 Å². The highest BCUT2D eigenvalue weighted by Gasteiger charge is 2.41. The molecule has 5 heteroatoms. The van der Waals surface area contributed by atoms with Crippen LogP contribution in [0.25, 0.3) is 0 Å². The number of nitrogens with one attached hydrogen (secondary N) is 1. The molecule has 0 spiro atoms. The molecule has 0 aromatic heterocycles. The van der Waals surface area contributed by atoms with Crippen LogP contribution in [0.1, 0.15) is 44.6 Å². The second-order valence-corrected chi connectivity index (χ2v) is 6.45.